The average Bonchev–Trinajstić information content (AvgIpc) is 3.76. The Bertz CT molecular complexity index is 1720. The Kier molecular flexibility index (Phi) is 8.03. The van der Waals surface area contributed by atoms with Gasteiger partial charge in [-0.3, -0.25) is 28.4 Å². The zero-order valence-corrected chi connectivity index (χ0v) is 23.1. The van der Waals surface area contributed by atoms with Crippen LogP contribution in [0.15, 0.2) is 63.9 Å². The zero-order chi connectivity index (χ0) is 29.1. The molecule has 0 saturated carbocycles. The van der Waals surface area contributed by atoms with Gasteiger partial charge in [-0.05, 0) is 18.6 Å². The predicted molar refractivity (Wildman–Crippen MR) is 147 cm³/mol. The lowest BCUT2D eigenvalue weighted by atomic mass is 10.2. The standard InChI is InChI=1S/C27H26N6O7S/c1-30-13-21(24(36)31(2)27(30)38)25(37)33(23(35)18-6-4-3-5-7-18)26-29-19(16-41-26)10-22(34)40-14-17-11-28-32(12-17)20-8-9-39-15-20/h3-7,11-13,16,20H,8-10,14-15H2,1-2H3. The Morgan fingerprint density at radius 2 is 1.90 bits per heavy atom. The largest absolute Gasteiger partial charge is 0.460 e. The first kappa shape index (κ1) is 27.9. The van der Waals surface area contributed by atoms with E-state index < -0.39 is 29.0 Å². The molecule has 5 rings (SSSR count). The molecule has 1 fully saturated rings. The van der Waals surface area contributed by atoms with Gasteiger partial charge in [-0.15, -0.1) is 11.3 Å². The van der Waals surface area contributed by atoms with E-state index in [2.05, 4.69) is 10.1 Å². The monoisotopic (exact) mass is 578 g/mol. The molecule has 13 nitrogen and oxygen atoms in total. The molecule has 0 spiro atoms. The third-order valence-electron chi connectivity index (χ3n) is 6.49. The number of nitrogens with zero attached hydrogens (tertiary/aromatic N) is 6. The molecule has 0 bridgehead atoms. The van der Waals surface area contributed by atoms with Crippen LogP contribution in [0, 0.1) is 0 Å². The summed E-state index contributed by atoms with van der Waals surface area (Å²) in [5, 5.41) is 5.80. The maximum Gasteiger partial charge on any atom is 0.330 e. The molecule has 212 valence electrons. The number of carbonyl (C=O) groups is 3. The third-order valence-corrected chi connectivity index (χ3v) is 7.37. The molecule has 14 heteroatoms. The molecule has 1 saturated heterocycles. The van der Waals surface area contributed by atoms with Gasteiger partial charge in [0.25, 0.3) is 17.4 Å². The number of aromatic nitrogens is 5. The Hall–Kier alpha value is -4.69. The summed E-state index contributed by atoms with van der Waals surface area (Å²) >= 11 is 0.958. The number of anilines is 1. The Balaban J connectivity index is 1.34. The number of hydrogen-bond donors (Lipinski definition) is 0. The Morgan fingerprint density at radius 1 is 1.12 bits per heavy atom. The van der Waals surface area contributed by atoms with Crippen LogP contribution in [0.4, 0.5) is 5.13 Å². The minimum absolute atomic E-state index is 0.0243. The van der Waals surface area contributed by atoms with Crippen LogP contribution in [0.1, 0.15) is 44.4 Å². The molecular formula is C27H26N6O7S. The second kappa shape index (κ2) is 11.8. The smallest absolute Gasteiger partial charge is 0.330 e. The summed E-state index contributed by atoms with van der Waals surface area (Å²) in [5.41, 5.74) is -0.673. The molecular weight excluding hydrogens is 552 g/mol. The highest BCUT2D eigenvalue weighted by Crippen LogP contribution is 2.25. The maximum atomic E-state index is 13.6. The fourth-order valence-corrected chi connectivity index (χ4v) is 5.10. The first-order valence-electron chi connectivity index (χ1n) is 12.6. The second-order valence-corrected chi connectivity index (χ2v) is 10.3. The van der Waals surface area contributed by atoms with E-state index in [0.717, 1.165) is 43.6 Å². The number of imide groups is 1. The fraction of sp³-hybridized carbons (Fsp3) is 0.296. The summed E-state index contributed by atoms with van der Waals surface area (Å²) in [6.07, 6.45) is 5.21. The van der Waals surface area contributed by atoms with Gasteiger partial charge in [-0.25, -0.2) is 14.7 Å². The predicted octanol–water partition coefficient (Wildman–Crippen LogP) is 1.47. The van der Waals surface area contributed by atoms with E-state index in [0.29, 0.717) is 13.2 Å². The van der Waals surface area contributed by atoms with Gasteiger partial charge in [-0.1, -0.05) is 18.2 Å². The molecule has 0 N–H and O–H groups in total. The number of aryl methyl sites for hydroxylation is 1. The lowest BCUT2D eigenvalue weighted by Crippen LogP contribution is -2.45. The van der Waals surface area contributed by atoms with Gasteiger partial charge >= 0.3 is 11.7 Å². The quantitative estimate of drug-likeness (QED) is 0.224. The highest BCUT2D eigenvalue weighted by molar-refractivity contribution is 7.14. The van der Waals surface area contributed by atoms with Crippen LogP contribution in [0.5, 0.6) is 0 Å². The van der Waals surface area contributed by atoms with Crippen LogP contribution in [0.25, 0.3) is 0 Å². The number of carbonyl (C=O) groups excluding carboxylic acids is 3. The van der Waals surface area contributed by atoms with Gasteiger partial charge in [0.1, 0.15) is 12.2 Å². The van der Waals surface area contributed by atoms with Gasteiger partial charge in [0.2, 0.25) is 0 Å². The van der Waals surface area contributed by atoms with Gasteiger partial charge < -0.3 is 14.0 Å². The Labute approximate surface area is 237 Å². The molecule has 0 aliphatic carbocycles. The van der Waals surface area contributed by atoms with Crippen molar-refractivity contribution in [2.45, 2.75) is 25.5 Å². The van der Waals surface area contributed by atoms with Gasteiger partial charge in [0, 0.05) is 49.6 Å². The number of rotatable bonds is 8. The summed E-state index contributed by atoms with van der Waals surface area (Å²) < 4.78 is 14.4. The van der Waals surface area contributed by atoms with E-state index in [1.54, 1.807) is 29.1 Å². The molecule has 4 aromatic rings. The van der Waals surface area contributed by atoms with Gasteiger partial charge in [-0.2, -0.15) is 5.10 Å². The molecule has 1 atom stereocenters. The van der Waals surface area contributed by atoms with Crippen LogP contribution in [0.3, 0.4) is 0 Å². The Morgan fingerprint density at radius 3 is 2.63 bits per heavy atom. The minimum Gasteiger partial charge on any atom is -0.460 e. The van der Waals surface area contributed by atoms with Crippen molar-refractivity contribution in [3.8, 4) is 0 Å². The normalized spacial score (nSPS) is 14.6. The summed E-state index contributed by atoms with van der Waals surface area (Å²) in [5.74, 6) is -2.24. The molecule has 4 heterocycles. The zero-order valence-electron chi connectivity index (χ0n) is 22.3. The van der Waals surface area contributed by atoms with E-state index in [4.69, 9.17) is 9.47 Å². The number of ether oxygens (including phenoxy) is 2. The average molecular weight is 579 g/mol. The third kappa shape index (κ3) is 5.93. The topological polar surface area (TPSA) is 148 Å². The number of hydrogen-bond acceptors (Lipinski definition) is 10. The molecule has 0 radical (unpaired) electrons. The summed E-state index contributed by atoms with van der Waals surface area (Å²) in [4.78, 5) is 69.7. The number of thiazole rings is 1. The molecule has 41 heavy (non-hydrogen) atoms. The van der Waals surface area contributed by atoms with Crippen LogP contribution < -0.4 is 16.1 Å². The summed E-state index contributed by atoms with van der Waals surface area (Å²) in [7, 11) is 2.63. The van der Waals surface area contributed by atoms with Crippen LogP contribution in [0.2, 0.25) is 0 Å². The lowest BCUT2D eigenvalue weighted by molar-refractivity contribution is -0.144. The highest BCUT2D eigenvalue weighted by Gasteiger charge is 2.31. The first-order chi connectivity index (χ1) is 19.7. The van der Waals surface area contributed by atoms with Crippen LogP contribution in [-0.4, -0.2) is 54.9 Å². The summed E-state index contributed by atoms with van der Waals surface area (Å²) in [6.45, 7) is 1.30. The number of benzene rings is 1. The molecule has 2 amide bonds. The van der Waals surface area contributed by atoms with E-state index in [-0.39, 0.29) is 41.0 Å². The van der Waals surface area contributed by atoms with E-state index in [1.165, 1.54) is 31.6 Å². The van der Waals surface area contributed by atoms with Crippen LogP contribution >= 0.6 is 11.3 Å². The fourth-order valence-electron chi connectivity index (χ4n) is 4.28. The first-order valence-corrected chi connectivity index (χ1v) is 13.5. The van der Waals surface area contributed by atoms with E-state index in [9.17, 15) is 24.0 Å². The summed E-state index contributed by atoms with van der Waals surface area (Å²) in [6, 6.07) is 8.20. The lowest BCUT2D eigenvalue weighted by Gasteiger charge is -2.18. The highest BCUT2D eigenvalue weighted by atomic mass is 32.1. The van der Waals surface area contributed by atoms with Gasteiger partial charge in [0.15, 0.2) is 5.13 Å². The SMILES string of the molecule is Cn1cc(C(=O)N(C(=O)c2ccccc2)c2nc(CC(=O)OCc3cnn(C4CCOC4)c3)cs2)c(=O)n(C)c1=O. The van der Waals surface area contributed by atoms with Crippen LogP contribution in [-0.2, 0) is 41.4 Å². The van der Waals surface area contributed by atoms with Crippen molar-refractivity contribution in [2.24, 2.45) is 14.1 Å². The second-order valence-electron chi connectivity index (χ2n) is 9.42. The molecule has 1 aromatic carbocycles. The molecule has 1 aliphatic heterocycles. The molecule has 1 unspecified atom stereocenters. The maximum absolute atomic E-state index is 13.6. The van der Waals surface area contributed by atoms with Crippen molar-refractivity contribution in [3.63, 3.8) is 0 Å². The number of amides is 2. The number of esters is 1. The molecule has 1 aliphatic rings. The minimum atomic E-state index is -0.955. The molecule has 3 aromatic heterocycles. The van der Waals surface area contributed by atoms with Crippen molar-refractivity contribution >= 4 is 34.3 Å². The van der Waals surface area contributed by atoms with Crippen molar-refractivity contribution in [3.05, 3.63) is 97.5 Å². The van der Waals surface area contributed by atoms with E-state index in [1.807, 2.05) is 6.20 Å². The van der Waals surface area contributed by atoms with Crippen molar-refractivity contribution in [2.75, 3.05) is 18.1 Å². The van der Waals surface area contributed by atoms with Crippen molar-refractivity contribution < 1.29 is 23.9 Å². The van der Waals surface area contributed by atoms with Gasteiger partial charge in [0.05, 0.1) is 31.0 Å². The van der Waals surface area contributed by atoms with Crippen molar-refractivity contribution in [1.29, 1.82) is 0 Å². The van der Waals surface area contributed by atoms with E-state index >= 15 is 0 Å². The van der Waals surface area contributed by atoms with Crippen molar-refractivity contribution in [1.82, 2.24) is 23.9 Å².